The molecule has 326 valence electrons. The third kappa shape index (κ3) is 8.02. The van der Waals surface area contributed by atoms with Gasteiger partial charge in [-0.15, -0.1) is 5.06 Å². The van der Waals surface area contributed by atoms with E-state index in [9.17, 15) is 40.3 Å². The van der Waals surface area contributed by atoms with Gasteiger partial charge in [0.15, 0.2) is 5.71 Å². The zero-order valence-corrected chi connectivity index (χ0v) is 37.5. The van der Waals surface area contributed by atoms with Crippen LogP contribution in [-0.4, -0.2) is 72.2 Å². The number of allylic oxidation sites excluding steroid dienone is 6. The number of amides is 2. The Morgan fingerprint density at radius 1 is 0.790 bits per heavy atom. The number of fused-ring (bicyclic) bond motifs is 6. The fourth-order valence-corrected chi connectivity index (χ4v) is 10.8. The van der Waals surface area contributed by atoms with Crippen molar-refractivity contribution in [1.29, 1.82) is 0 Å². The first-order valence-corrected chi connectivity index (χ1v) is 23.5. The van der Waals surface area contributed by atoms with Crippen LogP contribution in [0, 0.1) is 13.8 Å². The number of carbonyl (C=O) groups excluding carboxylic acids is 3. The van der Waals surface area contributed by atoms with Crippen molar-refractivity contribution < 1.29 is 49.7 Å². The van der Waals surface area contributed by atoms with E-state index in [1.165, 1.54) is 39.2 Å². The number of benzene rings is 4. The first-order chi connectivity index (χ1) is 29.1. The summed E-state index contributed by atoms with van der Waals surface area (Å²) in [6.07, 6.45) is 11.4. The van der Waals surface area contributed by atoms with Crippen LogP contribution in [0.15, 0.2) is 94.4 Å². The van der Waals surface area contributed by atoms with Crippen molar-refractivity contribution in [3.05, 3.63) is 107 Å². The molecule has 0 aromatic heterocycles. The molecule has 13 nitrogen and oxygen atoms in total. The number of rotatable bonds is 13. The number of nitrogens with zero attached hydrogens (tertiary/aromatic N) is 3. The summed E-state index contributed by atoms with van der Waals surface area (Å²) in [6.45, 7) is 15.9. The number of hydroxylamine groups is 2. The maximum Gasteiger partial charge on any atom is 0.333 e. The maximum atomic E-state index is 12.5. The lowest BCUT2D eigenvalue weighted by molar-refractivity contribution is -0.438. The number of unbranched alkanes of at least 4 members (excludes halogenated alkanes) is 2. The molecule has 15 heteroatoms. The fraction of sp³-hybridized carbons (Fsp3) is 0.362. The van der Waals surface area contributed by atoms with Gasteiger partial charge >= 0.3 is 5.97 Å². The number of carbonyl (C=O) groups is 3. The largest absolute Gasteiger partial charge is 0.744 e. The molecule has 0 unspecified atom stereocenters. The van der Waals surface area contributed by atoms with Gasteiger partial charge in [0, 0.05) is 72.1 Å². The third-order valence-corrected chi connectivity index (χ3v) is 14.0. The Kier molecular flexibility index (Phi) is 11.7. The van der Waals surface area contributed by atoms with Gasteiger partial charge in [0.05, 0.1) is 15.2 Å². The lowest BCUT2D eigenvalue weighted by atomic mass is 9.79. The zero-order chi connectivity index (χ0) is 45.1. The minimum atomic E-state index is -5.19. The molecule has 0 atom stereocenters. The molecule has 2 amide bonds. The summed E-state index contributed by atoms with van der Waals surface area (Å²) in [5.41, 5.74) is 6.84. The third-order valence-electron chi connectivity index (χ3n) is 12.3. The predicted molar refractivity (Wildman–Crippen MR) is 234 cm³/mol. The lowest BCUT2D eigenvalue weighted by Crippen LogP contribution is -2.31. The van der Waals surface area contributed by atoms with Gasteiger partial charge in [-0.1, -0.05) is 55.8 Å². The molecule has 0 spiro atoms. The van der Waals surface area contributed by atoms with Crippen LogP contribution < -0.4 is 4.90 Å². The van der Waals surface area contributed by atoms with E-state index in [4.69, 9.17) is 4.84 Å². The van der Waals surface area contributed by atoms with Crippen molar-refractivity contribution in [2.45, 2.75) is 108 Å². The normalized spacial score (nSPS) is 18.1. The van der Waals surface area contributed by atoms with Crippen molar-refractivity contribution in [2.24, 2.45) is 0 Å². The first-order valence-electron chi connectivity index (χ1n) is 20.7. The number of likely N-dealkylation sites (N-methyl/N-ethyl adjacent to an activating group) is 1. The highest BCUT2D eigenvalue weighted by atomic mass is 32.2. The molecule has 0 aliphatic carbocycles. The molecule has 7 rings (SSSR count). The molecule has 0 saturated carbocycles. The molecule has 4 aromatic rings. The summed E-state index contributed by atoms with van der Waals surface area (Å²) in [7, 11) is -10.4. The van der Waals surface area contributed by atoms with E-state index >= 15 is 0 Å². The summed E-state index contributed by atoms with van der Waals surface area (Å²) in [6, 6.07) is 13.8. The summed E-state index contributed by atoms with van der Waals surface area (Å²) in [4.78, 5) is 42.0. The predicted octanol–water partition coefficient (Wildman–Crippen LogP) is 7.78. The topological polar surface area (TPSA) is 184 Å². The van der Waals surface area contributed by atoms with Gasteiger partial charge in [-0.2, -0.15) is 4.58 Å². The number of hydrogen-bond donors (Lipinski definition) is 0. The second-order valence-electron chi connectivity index (χ2n) is 17.2. The van der Waals surface area contributed by atoms with Gasteiger partial charge in [0.1, 0.15) is 26.8 Å². The van der Waals surface area contributed by atoms with Crippen molar-refractivity contribution in [2.75, 3.05) is 18.0 Å². The highest BCUT2D eigenvalue weighted by Gasteiger charge is 2.46. The molecular formula is C47H50N3O10S2-. The average Bonchev–Trinajstić information content (AvgIpc) is 3.70. The molecule has 3 heterocycles. The molecule has 3 aliphatic rings. The van der Waals surface area contributed by atoms with E-state index in [-0.39, 0.29) is 35.4 Å². The molecular weight excluding hydrogens is 831 g/mol. The van der Waals surface area contributed by atoms with E-state index in [0.717, 1.165) is 24.0 Å². The highest BCUT2D eigenvalue weighted by molar-refractivity contribution is 7.86. The van der Waals surface area contributed by atoms with Crippen molar-refractivity contribution in [1.82, 2.24) is 5.06 Å². The summed E-state index contributed by atoms with van der Waals surface area (Å²) in [5, 5.41) is 3.17. The molecule has 0 bridgehead atoms. The molecule has 62 heavy (non-hydrogen) atoms. The number of hydrogen-bond acceptors (Lipinski definition) is 11. The van der Waals surface area contributed by atoms with Crippen LogP contribution in [0.2, 0.25) is 0 Å². The standard InChI is InChI=1S/C47H51N3O10S2/c1-8-48-36-20-18-32-30(3)25-29(2)26-34(32)44(36)46(4,5)39(48)15-11-9-12-16-40-47(6,7)45-35-27-31(61(54,55)56)28-38(62(57,58)59)33(35)19-21-37(45)49(40)24-14-10-13-17-43(53)60-50-41(51)22-23-42(50)52/h9,11-12,15-16,18-21,25-28H,8,10,13-14,17,22-24H2,1-7H3,(H-,54,55,56,57,58,59)/p-1. The smallest absolute Gasteiger partial charge is 0.333 e. The highest BCUT2D eigenvalue weighted by Crippen LogP contribution is 2.51. The maximum absolute atomic E-state index is 12.5. The second-order valence-corrected chi connectivity index (χ2v) is 19.9. The Balaban J connectivity index is 1.22. The van der Waals surface area contributed by atoms with Gasteiger partial charge in [0.2, 0.25) is 5.69 Å². The van der Waals surface area contributed by atoms with E-state index in [0.29, 0.717) is 48.2 Å². The van der Waals surface area contributed by atoms with Crippen molar-refractivity contribution in [3.8, 4) is 0 Å². The molecule has 4 aromatic carbocycles. The van der Waals surface area contributed by atoms with Gasteiger partial charge in [-0.05, 0) is 105 Å². The van der Waals surface area contributed by atoms with Crippen LogP contribution >= 0.6 is 0 Å². The van der Waals surface area contributed by atoms with Crippen molar-refractivity contribution in [3.63, 3.8) is 0 Å². The van der Waals surface area contributed by atoms with Gasteiger partial charge in [-0.3, -0.25) is 9.59 Å². The van der Waals surface area contributed by atoms with E-state index < -0.39 is 53.2 Å². The summed E-state index contributed by atoms with van der Waals surface area (Å²) < 4.78 is 76.3. The summed E-state index contributed by atoms with van der Waals surface area (Å²) >= 11 is 0. The van der Waals surface area contributed by atoms with Crippen LogP contribution in [0.3, 0.4) is 0 Å². The molecule has 1 saturated heterocycles. The van der Waals surface area contributed by atoms with Crippen LogP contribution in [0.25, 0.3) is 21.5 Å². The van der Waals surface area contributed by atoms with Gasteiger partial charge < -0.3 is 18.8 Å². The van der Waals surface area contributed by atoms with Crippen LogP contribution in [-0.2, 0) is 50.3 Å². The quantitative estimate of drug-likeness (QED) is 0.0420. The molecule has 0 N–H and O–H groups in total. The van der Waals surface area contributed by atoms with Crippen LogP contribution in [0.4, 0.5) is 11.4 Å². The number of aryl methyl sites for hydroxylation is 2. The van der Waals surface area contributed by atoms with E-state index in [2.05, 4.69) is 69.9 Å². The summed E-state index contributed by atoms with van der Waals surface area (Å²) in [5.74, 6) is -1.80. The average molecular weight is 881 g/mol. The first kappa shape index (κ1) is 44.6. The van der Waals surface area contributed by atoms with Crippen molar-refractivity contribution >= 4 is 76.7 Å². The van der Waals surface area contributed by atoms with E-state index in [1.807, 2.05) is 42.7 Å². The van der Waals surface area contributed by atoms with E-state index in [1.54, 1.807) is 6.07 Å². The number of anilines is 1. The van der Waals surface area contributed by atoms with Crippen LogP contribution in [0.5, 0.6) is 0 Å². The monoisotopic (exact) mass is 880 g/mol. The van der Waals surface area contributed by atoms with Crippen LogP contribution in [0.1, 0.15) is 95.4 Å². The lowest BCUT2D eigenvalue weighted by Gasteiger charge is -2.26. The fourth-order valence-electron chi connectivity index (χ4n) is 9.52. The minimum Gasteiger partial charge on any atom is -0.744 e. The zero-order valence-electron chi connectivity index (χ0n) is 35.9. The second kappa shape index (κ2) is 16.3. The SMILES string of the molecule is CCN1C(=CC=CC=CC2=[N+](CCCCCC(=O)ON3C(=O)CCC3=O)c3ccc4c(S(=O)(=O)[O-])cc(S(=O)(=O)[O-])cc4c3C2(C)C)C(C)(C)c2c1ccc1c(C)cc(C)cc21. The number of imide groups is 1. The Labute approximate surface area is 362 Å². The van der Waals surface area contributed by atoms with Gasteiger partial charge in [-0.25, -0.2) is 21.6 Å². The molecule has 3 aliphatic heterocycles. The molecule has 1 fully saturated rings. The molecule has 0 radical (unpaired) electrons. The van der Waals surface area contributed by atoms with Gasteiger partial charge in [0.25, 0.3) is 11.8 Å². The Hall–Kier alpha value is -5.48. The minimum absolute atomic E-state index is 0.000518. The Bertz CT molecular complexity index is 2930. The Morgan fingerprint density at radius 3 is 2.13 bits per heavy atom. The Morgan fingerprint density at radius 2 is 1.47 bits per heavy atom.